The molecule has 0 aromatic carbocycles. The first-order chi connectivity index (χ1) is 7.78. The van der Waals surface area contributed by atoms with Crippen LogP contribution in [0.25, 0.3) is 0 Å². The van der Waals surface area contributed by atoms with Crippen LogP contribution in [0.15, 0.2) is 12.4 Å². The summed E-state index contributed by atoms with van der Waals surface area (Å²) in [4.78, 5) is 8.30. The average Bonchev–Trinajstić information content (AvgIpc) is 3.08. The minimum atomic E-state index is 0.402. The van der Waals surface area contributed by atoms with Crippen LogP contribution in [0.2, 0.25) is 0 Å². The Morgan fingerprint density at radius 2 is 2.31 bits per heavy atom. The number of hydrogen-bond donors (Lipinski definition) is 2. The quantitative estimate of drug-likeness (QED) is 0.752. The monoisotopic (exact) mass is 222 g/mol. The van der Waals surface area contributed by atoms with Gasteiger partial charge >= 0.3 is 0 Å². The summed E-state index contributed by atoms with van der Waals surface area (Å²) in [6.45, 7) is 1.68. The van der Waals surface area contributed by atoms with Crippen LogP contribution >= 0.6 is 0 Å². The summed E-state index contributed by atoms with van der Waals surface area (Å²) >= 11 is 0. The highest BCUT2D eigenvalue weighted by Gasteiger charge is 2.41. The maximum Gasteiger partial charge on any atom is 0.233 e. The summed E-state index contributed by atoms with van der Waals surface area (Å²) in [6.07, 6.45) is 6.90. The summed E-state index contributed by atoms with van der Waals surface area (Å²) in [5, 5.41) is 3.30. The van der Waals surface area contributed by atoms with Gasteiger partial charge in [-0.2, -0.15) is 4.98 Å². The summed E-state index contributed by atoms with van der Waals surface area (Å²) < 4.78 is 5.02. The SMILES string of the molecule is COc1cncc(NCC2(CCN)CC2)n1. The van der Waals surface area contributed by atoms with Gasteiger partial charge in [-0.05, 0) is 31.2 Å². The molecule has 0 bridgehead atoms. The third-order valence-corrected chi connectivity index (χ3v) is 3.10. The molecule has 0 radical (unpaired) electrons. The molecule has 16 heavy (non-hydrogen) atoms. The topological polar surface area (TPSA) is 73.1 Å². The molecule has 0 amide bonds. The van der Waals surface area contributed by atoms with E-state index in [1.54, 1.807) is 19.5 Å². The van der Waals surface area contributed by atoms with Crippen LogP contribution in [-0.2, 0) is 0 Å². The van der Waals surface area contributed by atoms with Gasteiger partial charge in [0.1, 0.15) is 5.82 Å². The molecule has 0 aliphatic heterocycles. The highest BCUT2D eigenvalue weighted by Crippen LogP contribution is 2.48. The molecule has 0 spiro atoms. The van der Waals surface area contributed by atoms with Gasteiger partial charge in [0.25, 0.3) is 0 Å². The molecule has 1 fully saturated rings. The van der Waals surface area contributed by atoms with E-state index in [1.807, 2.05) is 0 Å². The zero-order chi connectivity index (χ0) is 11.4. The van der Waals surface area contributed by atoms with E-state index in [2.05, 4.69) is 15.3 Å². The number of methoxy groups -OCH3 is 1. The van der Waals surface area contributed by atoms with Crippen molar-refractivity contribution < 1.29 is 4.74 Å². The molecule has 0 unspecified atom stereocenters. The number of ether oxygens (including phenoxy) is 1. The molecule has 1 aliphatic rings. The van der Waals surface area contributed by atoms with E-state index in [1.165, 1.54) is 12.8 Å². The molecular formula is C11H18N4O. The van der Waals surface area contributed by atoms with Crippen LogP contribution in [0, 0.1) is 5.41 Å². The van der Waals surface area contributed by atoms with Crippen LogP contribution in [0.3, 0.4) is 0 Å². The van der Waals surface area contributed by atoms with E-state index in [0.29, 0.717) is 11.3 Å². The molecule has 5 heteroatoms. The number of nitrogens with one attached hydrogen (secondary N) is 1. The van der Waals surface area contributed by atoms with E-state index < -0.39 is 0 Å². The van der Waals surface area contributed by atoms with Gasteiger partial charge in [0.15, 0.2) is 0 Å². The number of rotatable bonds is 6. The Labute approximate surface area is 95.4 Å². The van der Waals surface area contributed by atoms with E-state index >= 15 is 0 Å². The molecule has 5 nitrogen and oxygen atoms in total. The summed E-state index contributed by atoms with van der Waals surface area (Å²) in [5.74, 6) is 1.30. The molecule has 2 rings (SSSR count). The minimum Gasteiger partial charge on any atom is -0.480 e. The maximum atomic E-state index is 5.59. The van der Waals surface area contributed by atoms with E-state index in [9.17, 15) is 0 Å². The van der Waals surface area contributed by atoms with Crippen LogP contribution < -0.4 is 15.8 Å². The molecule has 1 aromatic heterocycles. The molecule has 0 saturated heterocycles. The van der Waals surface area contributed by atoms with Crippen LogP contribution in [0.4, 0.5) is 5.82 Å². The first-order valence-corrected chi connectivity index (χ1v) is 5.58. The largest absolute Gasteiger partial charge is 0.480 e. The minimum absolute atomic E-state index is 0.402. The molecule has 1 heterocycles. The zero-order valence-electron chi connectivity index (χ0n) is 9.57. The Morgan fingerprint density at radius 1 is 1.50 bits per heavy atom. The smallest absolute Gasteiger partial charge is 0.233 e. The third kappa shape index (κ3) is 2.61. The van der Waals surface area contributed by atoms with Crippen LogP contribution in [-0.4, -0.2) is 30.2 Å². The second-order valence-corrected chi connectivity index (χ2v) is 4.34. The lowest BCUT2D eigenvalue weighted by atomic mass is 10.0. The summed E-state index contributed by atoms with van der Waals surface area (Å²) in [7, 11) is 1.59. The van der Waals surface area contributed by atoms with Crippen molar-refractivity contribution in [3.8, 4) is 5.88 Å². The Hall–Kier alpha value is -1.36. The Balaban J connectivity index is 1.89. The van der Waals surface area contributed by atoms with Gasteiger partial charge < -0.3 is 15.8 Å². The van der Waals surface area contributed by atoms with Crippen LogP contribution in [0.1, 0.15) is 19.3 Å². The van der Waals surface area contributed by atoms with Gasteiger partial charge in [0, 0.05) is 6.54 Å². The highest BCUT2D eigenvalue weighted by molar-refractivity contribution is 5.34. The lowest BCUT2D eigenvalue weighted by Crippen LogP contribution is -2.19. The number of nitrogens with two attached hydrogens (primary N) is 1. The fourth-order valence-corrected chi connectivity index (χ4v) is 1.81. The Morgan fingerprint density at radius 3 is 2.94 bits per heavy atom. The van der Waals surface area contributed by atoms with Crippen molar-refractivity contribution in [2.75, 3.05) is 25.5 Å². The third-order valence-electron chi connectivity index (χ3n) is 3.10. The number of anilines is 1. The van der Waals surface area contributed by atoms with Gasteiger partial charge in [-0.25, -0.2) is 0 Å². The Bertz CT molecular complexity index is 352. The summed E-state index contributed by atoms with van der Waals surface area (Å²) in [5.41, 5.74) is 6.00. The normalized spacial score (nSPS) is 16.9. The maximum absolute atomic E-state index is 5.59. The van der Waals surface area contributed by atoms with Crippen molar-refractivity contribution in [3.05, 3.63) is 12.4 Å². The average molecular weight is 222 g/mol. The van der Waals surface area contributed by atoms with Gasteiger partial charge in [-0.1, -0.05) is 0 Å². The van der Waals surface area contributed by atoms with Gasteiger partial charge in [-0.3, -0.25) is 4.98 Å². The predicted molar refractivity (Wildman–Crippen MR) is 62.4 cm³/mol. The van der Waals surface area contributed by atoms with Crippen LogP contribution in [0.5, 0.6) is 5.88 Å². The Kier molecular flexibility index (Phi) is 3.24. The van der Waals surface area contributed by atoms with Crippen molar-refractivity contribution in [3.63, 3.8) is 0 Å². The van der Waals surface area contributed by atoms with Crippen molar-refractivity contribution in [1.29, 1.82) is 0 Å². The molecule has 88 valence electrons. The predicted octanol–water partition coefficient (Wildman–Crippen LogP) is 1.03. The molecule has 1 aliphatic carbocycles. The lowest BCUT2D eigenvalue weighted by Gasteiger charge is -2.15. The standard InChI is InChI=1S/C11H18N4O/c1-16-10-7-13-6-9(15-10)14-8-11(2-3-11)4-5-12/h6-7H,2-5,8,12H2,1H3,(H,14,15). The van der Waals surface area contributed by atoms with Crippen molar-refractivity contribution >= 4 is 5.82 Å². The molecule has 0 atom stereocenters. The molecule has 1 saturated carbocycles. The first-order valence-electron chi connectivity index (χ1n) is 5.58. The number of aromatic nitrogens is 2. The molecule has 1 aromatic rings. The molecular weight excluding hydrogens is 204 g/mol. The van der Waals surface area contributed by atoms with E-state index in [4.69, 9.17) is 10.5 Å². The second kappa shape index (κ2) is 4.65. The fourth-order valence-electron chi connectivity index (χ4n) is 1.81. The lowest BCUT2D eigenvalue weighted by molar-refractivity contribution is 0.396. The first kappa shape index (κ1) is 11.1. The number of hydrogen-bond acceptors (Lipinski definition) is 5. The zero-order valence-corrected chi connectivity index (χ0v) is 9.57. The summed E-state index contributed by atoms with van der Waals surface area (Å²) in [6, 6.07) is 0. The fraction of sp³-hybridized carbons (Fsp3) is 0.636. The van der Waals surface area contributed by atoms with Gasteiger partial charge in [0.05, 0.1) is 19.5 Å². The van der Waals surface area contributed by atoms with E-state index in [-0.39, 0.29) is 0 Å². The van der Waals surface area contributed by atoms with Gasteiger partial charge in [-0.15, -0.1) is 0 Å². The number of nitrogens with zero attached hydrogens (tertiary/aromatic N) is 2. The van der Waals surface area contributed by atoms with E-state index in [0.717, 1.165) is 25.3 Å². The highest BCUT2D eigenvalue weighted by atomic mass is 16.5. The second-order valence-electron chi connectivity index (χ2n) is 4.34. The van der Waals surface area contributed by atoms with Crippen molar-refractivity contribution in [2.45, 2.75) is 19.3 Å². The molecule has 3 N–H and O–H groups in total. The van der Waals surface area contributed by atoms with Crippen molar-refractivity contribution in [2.24, 2.45) is 11.1 Å². The van der Waals surface area contributed by atoms with Crippen molar-refractivity contribution in [1.82, 2.24) is 9.97 Å². The van der Waals surface area contributed by atoms with Gasteiger partial charge in [0.2, 0.25) is 5.88 Å².